The Morgan fingerprint density at radius 2 is 1.73 bits per heavy atom. The Hall–Kier alpha value is -5.56. The minimum Gasteiger partial charge on any atom is -0.358 e. The lowest BCUT2D eigenvalue weighted by Gasteiger charge is -2.11. The van der Waals surface area contributed by atoms with Gasteiger partial charge >= 0.3 is 0 Å². The molecule has 0 fully saturated rings. The third-order valence-electron chi connectivity index (χ3n) is 7.14. The molecule has 7 heteroatoms. The first-order chi connectivity index (χ1) is 20.1. The van der Waals surface area contributed by atoms with E-state index in [-0.39, 0.29) is 5.82 Å². The molecule has 4 heterocycles. The van der Waals surface area contributed by atoms with E-state index in [1.165, 1.54) is 17.7 Å². The van der Waals surface area contributed by atoms with Crippen LogP contribution < -0.4 is 5.32 Å². The SMILES string of the molecule is C=C(Cc1ccccc1)Nc1cncc(-c2ccc3[nH]nc(-c4cc5c(-c6cccc(F)c6)ccnc5[nH]4)c3c2)c1. The van der Waals surface area contributed by atoms with Crippen molar-refractivity contribution in [1.82, 2.24) is 25.1 Å². The number of aromatic amines is 2. The summed E-state index contributed by atoms with van der Waals surface area (Å²) in [6.45, 7) is 4.20. The molecule has 0 saturated carbocycles. The second-order valence-electron chi connectivity index (χ2n) is 10.00. The van der Waals surface area contributed by atoms with Gasteiger partial charge in [0.05, 0.1) is 23.1 Å². The summed E-state index contributed by atoms with van der Waals surface area (Å²) in [5, 5.41) is 13.0. The van der Waals surface area contributed by atoms with E-state index in [1.54, 1.807) is 18.5 Å². The number of H-pyrrole nitrogens is 2. The van der Waals surface area contributed by atoms with Gasteiger partial charge in [0.25, 0.3) is 0 Å². The van der Waals surface area contributed by atoms with Crippen LogP contribution in [0.1, 0.15) is 5.56 Å². The van der Waals surface area contributed by atoms with Gasteiger partial charge in [-0.25, -0.2) is 9.37 Å². The minimum atomic E-state index is -0.275. The summed E-state index contributed by atoms with van der Waals surface area (Å²) >= 11 is 0. The molecule has 3 aromatic carbocycles. The van der Waals surface area contributed by atoms with Crippen molar-refractivity contribution in [3.63, 3.8) is 0 Å². The van der Waals surface area contributed by atoms with Crippen molar-refractivity contribution in [2.75, 3.05) is 5.32 Å². The van der Waals surface area contributed by atoms with Gasteiger partial charge in [0.2, 0.25) is 0 Å². The zero-order valence-corrected chi connectivity index (χ0v) is 22.0. The second kappa shape index (κ2) is 10.2. The van der Waals surface area contributed by atoms with E-state index in [2.05, 4.69) is 67.4 Å². The first-order valence-corrected chi connectivity index (χ1v) is 13.3. The van der Waals surface area contributed by atoms with Gasteiger partial charge in [0, 0.05) is 40.8 Å². The van der Waals surface area contributed by atoms with Crippen LogP contribution >= 0.6 is 0 Å². The number of hydrogen-bond acceptors (Lipinski definition) is 4. The van der Waals surface area contributed by atoms with Gasteiger partial charge in [-0.2, -0.15) is 5.10 Å². The van der Waals surface area contributed by atoms with Crippen molar-refractivity contribution in [3.05, 3.63) is 133 Å². The van der Waals surface area contributed by atoms with Crippen molar-refractivity contribution in [2.24, 2.45) is 0 Å². The smallest absolute Gasteiger partial charge is 0.138 e. The maximum Gasteiger partial charge on any atom is 0.138 e. The van der Waals surface area contributed by atoms with E-state index in [1.807, 2.05) is 48.7 Å². The normalized spacial score (nSPS) is 11.2. The number of benzene rings is 3. The average Bonchev–Trinajstić information content (AvgIpc) is 3.61. The zero-order chi connectivity index (χ0) is 27.8. The van der Waals surface area contributed by atoms with E-state index in [9.17, 15) is 4.39 Å². The Balaban J connectivity index is 1.21. The van der Waals surface area contributed by atoms with E-state index in [0.29, 0.717) is 5.65 Å². The fraction of sp³-hybridized carbons (Fsp3) is 0.0294. The predicted octanol–water partition coefficient (Wildman–Crippen LogP) is 8.14. The number of fused-ring (bicyclic) bond motifs is 2. The molecule has 0 spiro atoms. The molecule has 41 heavy (non-hydrogen) atoms. The lowest BCUT2D eigenvalue weighted by atomic mass is 10.0. The molecule has 7 aromatic rings. The third kappa shape index (κ3) is 4.85. The van der Waals surface area contributed by atoms with E-state index >= 15 is 0 Å². The number of pyridine rings is 2. The average molecular weight is 537 g/mol. The van der Waals surface area contributed by atoms with Crippen LogP contribution in [0.15, 0.2) is 122 Å². The van der Waals surface area contributed by atoms with Crippen LogP contribution in [-0.2, 0) is 6.42 Å². The van der Waals surface area contributed by atoms with Crippen LogP contribution in [0.3, 0.4) is 0 Å². The molecule has 0 atom stereocenters. The van der Waals surface area contributed by atoms with Gasteiger partial charge in [-0.05, 0) is 64.7 Å². The molecule has 7 rings (SSSR count). The summed E-state index contributed by atoms with van der Waals surface area (Å²) < 4.78 is 14.0. The molecule has 0 aliphatic rings. The predicted molar refractivity (Wildman–Crippen MR) is 163 cm³/mol. The number of allylic oxidation sites excluding steroid dienone is 1. The second-order valence-corrected chi connectivity index (χ2v) is 10.00. The van der Waals surface area contributed by atoms with Gasteiger partial charge < -0.3 is 10.3 Å². The number of anilines is 1. The molecule has 4 aromatic heterocycles. The Morgan fingerprint density at radius 1 is 0.829 bits per heavy atom. The van der Waals surface area contributed by atoms with Crippen LogP contribution in [0, 0.1) is 5.82 Å². The van der Waals surface area contributed by atoms with Gasteiger partial charge in [0.1, 0.15) is 17.2 Å². The lowest BCUT2D eigenvalue weighted by molar-refractivity contribution is 0.628. The largest absolute Gasteiger partial charge is 0.358 e. The summed E-state index contributed by atoms with van der Waals surface area (Å²) in [7, 11) is 0. The minimum absolute atomic E-state index is 0.275. The molecule has 3 N–H and O–H groups in total. The number of rotatable bonds is 7. The van der Waals surface area contributed by atoms with Crippen LogP contribution in [-0.4, -0.2) is 25.1 Å². The summed E-state index contributed by atoms with van der Waals surface area (Å²) in [5.74, 6) is -0.275. The highest BCUT2D eigenvalue weighted by Crippen LogP contribution is 2.35. The Kier molecular flexibility index (Phi) is 6.09. The summed E-state index contributed by atoms with van der Waals surface area (Å²) in [6.07, 6.45) is 6.11. The van der Waals surface area contributed by atoms with Crippen molar-refractivity contribution < 1.29 is 4.39 Å². The highest BCUT2D eigenvalue weighted by atomic mass is 19.1. The van der Waals surface area contributed by atoms with Crippen molar-refractivity contribution >= 4 is 27.6 Å². The first kappa shape index (κ1) is 24.5. The summed E-state index contributed by atoms with van der Waals surface area (Å²) in [4.78, 5) is 12.4. The van der Waals surface area contributed by atoms with Gasteiger partial charge in [-0.3, -0.25) is 10.1 Å². The Morgan fingerprint density at radius 3 is 2.61 bits per heavy atom. The number of hydrogen-bond donors (Lipinski definition) is 3. The van der Waals surface area contributed by atoms with Crippen LogP contribution in [0.2, 0.25) is 0 Å². The molecule has 0 radical (unpaired) electrons. The summed E-state index contributed by atoms with van der Waals surface area (Å²) in [6, 6.07) is 29.0. The highest BCUT2D eigenvalue weighted by Gasteiger charge is 2.15. The topological polar surface area (TPSA) is 82.3 Å². The fourth-order valence-corrected chi connectivity index (χ4v) is 5.22. The van der Waals surface area contributed by atoms with E-state index in [4.69, 9.17) is 0 Å². The standard InChI is InChI=1S/C34H25FN6/c1-21(14-22-6-3-2-4-7-22)38-27-16-25(19-36-20-27)23-10-11-31-30(17-23)33(41-40-31)32-18-29-28(12-13-37-34(29)39-32)24-8-5-9-26(35)15-24/h2-13,15-20,38H,1,14H2,(H,37,39)(H,40,41). The molecule has 0 bridgehead atoms. The number of nitrogens with one attached hydrogen (secondary N) is 3. The molecular formula is C34H25FN6. The molecule has 6 nitrogen and oxygen atoms in total. The van der Waals surface area contributed by atoms with Crippen LogP contribution in [0.4, 0.5) is 10.1 Å². The molecule has 0 amide bonds. The van der Waals surface area contributed by atoms with Crippen molar-refractivity contribution in [2.45, 2.75) is 6.42 Å². The number of aromatic nitrogens is 5. The van der Waals surface area contributed by atoms with Crippen LogP contribution in [0.25, 0.3) is 55.6 Å². The number of nitrogens with zero attached hydrogens (tertiary/aromatic N) is 3. The molecule has 0 aliphatic heterocycles. The highest BCUT2D eigenvalue weighted by molar-refractivity contribution is 6.00. The first-order valence-electron chi connectivity index (χ1n) is 13.3. The molecule has 198 valence electrons. The maximum atomic E-state index is 14.0. The van der Waals surface area contributed by atoms with Crippen molar-refractivity contribution in [1.29, 1.82) is 0 Å². The third-order valence-corrected chi connectivity index (χ3v) is 7.14. The number of halogens is 1. The monoisotopic (exact) mass is 536 g/mol. The van der Waals surface area contributed by atoms with Gasteiger partial charge in [-0.15, -0.1) is 0 Å². The molecule has 0 saturated heterocycles. The molecular weight excluding hydrogens is 511 g/mol. The Labute approximate surface area is 235 Å². The van der Waals surface area contributed by atoms with E-state index < -0.39 is 0 Å². The van der Waals surface area contributed by atoms with Crippen LogP contribution in [0.5, 0.6) is 0 Å². The zero-order valence-electron chi connectivity index (χ0n) is 22.0. The lowest BCUT2D eigenvalue weighted by Crippen LogP contribution is -2.02. The quantitative estimate of drug-likeness (QED) is 0.192. The van der Waals surface area contributed by atoms with Gasteiger partial charge in [0.15, 0.2) is 0 Å². The molecule has 0 unspecified atom stereocenters. The maximum absolute atomic E-state index is 14.0. The fourth-order valence-electron chi connectivity index (χ4n) is 5.22. The molecule has 0 aliphatic carbocycles. The Bertz CT molecular complexity index is 2040. The summed E-state index contributed by atoms with van der Waals surface area (Å²) in [5.41, 5.74) is 9.90. The van der Waals surface area contributed by atoms with E-state index in [0.717, 1.165) is 67.7 Å². The van der Waals surface area contributed by atoms with Crippen molar-refractivity contribution in [3.8, 4) is 33.6 Å². The van der Waals surface area contributed by atoms with Gasteiger partial charge in [-0.1, -0.05) is 55.1 Å².